The molecule has 124 valence electrons. The van der Waals surface area contributed by atoms with Crippen molar-refractivity contribution in [1.29, 1.82) is 5.26 Å². The number of para-hydroxylation sites is 2. The van der Waals surface area contributed by atoms with Crippen molar-refractivity contribution in [3.05, 3.63) is 41.5 Å². The van der Waals surface area contributed by atoms with Gasteiger partial charge in [0, 0.05) is 6.54 Å². The first-order chi connectivity index (χ1) is 11.5. The van der Waals surface area contributed by atoms with Crippen molar-refractivity contribution >= 4 is 22.5 Å². The molecule has 1 aromatic carbocycles. The second-order valence-electron chi connectivity index (χ2n) is 6.62. The van der Waals surface area contributed by atoms with Crippen molar-refractivity contribution < 1.29 is 5.11 Å². The van der Waals surface area contributed by atoms with Crippen LogP contribution in [0, 0.1) is 24.2 Å². The van der Waals surface area contributed by atoms with E-state index in [2.05, 4.69) is 30.2 Å². The molecule has 0 amide bonds. The lowest BCUT2D eigenvalue weighted by molar-refractivity contribution is 0.161. The molecule has 0 spiro atoms. The average molecular weight is 322 g/mol. The van der Waals surface area contributed by atoms with Crippen molar-refractivity contribution in [3.8, 4) is 6.07 Å². The molecular weight excluding hydrogens is 300 g/mol. The zero-order valence-corrected chi connectivity index (χ0v) is 14.2. The van der Waals surface area contributed by atoms with Gasteiger partial charge in [-0.2, -0.15) is 5.26 Å². The highest BCUT2D eigenvalue weighted by Gasteiger charge is 2.15. The Balaban J connectivity index is 2.09. The third-order valence-electron chi connectivity index (χ3n) is 4.15. The van der Waals surface area contributed by atoms with E-state index in [4.69, 9.17) is 0 Å². The molecule has 5 heteroatoms. The Hall–Kier alpha value is -2.58. The molecule has 3 aromatic rings. The molecule has 0 fully saturated rings. The monoisotopic (exact) mass is 322 g/mol. The van der Waals surface area contributed by atoms with Gasteiger partial charge in [0.2, 0.25) is 0 Å². The highest BCUT2D eigenvalue weighted by atomic mass is 16.3. The third-order valence-corrected chi connectivity index (χ3v) is 4.15. The van der Waals surface area contributed by atoms with Crippen LogP contribution in [0.15, 0.2) is 30.3 Å². The molecule has 0 aliphatic rings. The standard InChI is InChI=1S/C19H22N4O/c1-12(2)8-14(24)11-21-18-9-13(3)15(10-20)19-22-16-6-4-5-7-17(16)23(18)19/h4-7,9,12,14,21,24H,8,11H2,1-3H3/t14-/m1/s1. The van der Waals surface area contributed by atoms with E-state index in [1.165, 1.54) is 0 Å². The SMILES string of the molecule is Cc1cc(NC[C@H](O)CC(C)C)n2c(nc3ccccc32)c1C#N. The van der Waals surface area contributed by atoms with Gasteiger partial charge in [0.1, 0.15) is 11.9 Å². The molecule has 3 rings (SSSR count). The van der Waals surface area contributed by atoms with Gasteiger partial charge in [-0.25, -0.2) is 4.98 Å². The van der Waals surface area contributed by atoms with Gasteiger partial charge in [-0.1, -0.05) is 26.0 Å². The highest BCUT2D eigenvalue weighted by Crippen LogP contribution is 2.26. The summed E-state index contributed by atoms with van der Waals surface area (Å²) in [6.07, 6.45) is 0.335. The molecule has 24 heavy (non-hydrogen) atoms. The zero-order chi connectivity index (χ0) is 17.3. The lowest BCUT2D eigenvalue weighted by Crippen LogP contribution is -2.22. The number of imidazole rings is 1. The number of nitriles is 1. The Morgan fingerprint density at radius 2 is 2.08 bits per heavy atom. The first kappa shape index (κ1) is 16.3. The summed E-state index contributed by atoms with van der Waals surface area (Å²) in [6.45, 7) is 6.56. The van der Waals surface area contributed by atoms with Crippen molar-refractivity contribution in [2.24, 2.45) is 5.92 Å². The summed E-state index contributed by atoms with van der Waals surface area (Å²) in [7, 11) is 0. The second kappa shape index (κ2) is 6.50. The molecule has 2 heterocycles. The van der Waals surface area contributed by atoms with Gasteiger partial charge in [-0.15, -0.1) is 0 Å². The molecule has 0 aliphatic heterocycles. The maximum atomic E-state index is 10.1. The van der Waals surface area contributed by atoms with Crippen LogP contribution in [0.5, 0.6) is 0 Å². The first-order valence-corrected chi connectivity index (χ1v) is 8.24. The van der Waals surface area contributed by atoms with Gasteiger partial charge in [-0.3, -0.25) is 4.40 Å². The lowest BCUT2D eigenvalue weighted by Gasteiger charge is -2.17. The molecule has 0 saturated heterocycles. The molecule has 0 saturated carbocycles. The van der Waals surface area contributed by atoms with E-state index in [9.17, 15) is 10.4 Å². The van der Waals surface area contributed by atoms with E-state index in [-0.39, 0.29) is 0 Å². The van der Waals surface area contributed by atoms with Gasteiger partial charge < -0.3 is 10.4 Å². The molecule has 2 N–H and O–H groups in total. The molecule has 2 aromatic heterocycles. The minimum atomic E-state index is -0.411. The normalized spacial score (nSPS) is 12.7. The number of nitrogens with one attached hydrogen (secondary N) is 1. The first-order valence-electron chi connectivity index (χ1n) is 8.24. The van der Waals surface area contributed by atoms with Crippen LogP contribution in [0.1, 0.15) is 31.4 Å². The quantitative estimate of drug-likeness (QED) is 0.754. The summed E-state index contributed by atoms with van der Waals surface area (Å²) >= 11 is 0. The summed E-state index contributed by atoms with van der Waals surface area (Å²) in [5.74, 6) is 1.29. The minimum absolute atomic E-state index is 0.411. The van der Waals surface area contributed by atoms with E-state index >= 15 is 0 Å². The van der Waals surface area contributed by atoms with Gasteiger partial charge in [0.25, 0.3) is 0 Å². The fraction of sp³-hybridized carbons (Fsp3) is 0.368. The average Bonchev–Trinajstić information content (AvgIpc) is 2.91. The topological polar surface area (TPSA) is 73.3 Å². The van der Waals surface area contributed by atoms with Crippen molar-refractivity contribution in [2.45, 2.75) is 33.3 Å². The number of hydrogen-bond acceptors (Lipinski definition) is 4. The molecule has 0 unspecified atom stereocenters. The molecular formula is C19H22N4O. The number of hydrogen-bond donors (Lipinski definition) is 2. The van der Waals surface area contributed by atoms with Crippen LogP contribution >= 0.6 is 0 Å². The molecule has 5 nitrogen and oxygen atoms in total. The van der Waals surface area contributed by atoms with Crippen LogP contribution in [0.4, 0.5) is 5.82 Å². The number of fused-ring (bicyclic) bond motifs is 3. The third kappa shape index (κ3) is 2.93. The summed E-state index contributed by atoms with van der Waals surface area (Å²) in [4.78, 5) is 4.62. The smallest absolute Gasteiger partial charge is 0.157 e. The Morgan fingerprint density at radius 3 is 2.79 bits per heavy atom. The summed E-state index contributed by atoms with van der Waals surface area (Å²) in [6, 6.07) is 12.0. The van der Waals surface area contributed by atoms with Crippen molar-refractivity contribution in [1.82, 2.24) is 9.38 Å². The Kier molecular flexibility index (Phi) is 4.41. The second-order valence-corrected chi connectivity index (χ2v) is 6.62. The number of benzene rings is 1. The van der Waals surface area contributed by atoms with Gasteiger partial charge in [-0.05, 0) is 43.0 Å². The Morgan fingerprint density at radius 1 is 1.33 bits per heavy atom. The Bertz CT molecular complexity index is 920. The number of anilines is 1. The van der Waals surface area contributed by atoms with Gasteiger partial charge in [0.15, 0.2) is 5.65 Å². The van der Waals surface area contributed by atoms with Crippen LogP contribution in [0.2, 0.25) is 0 Å². The zero-order valence-electron chi connectivity index (χ0n) is 14.2. The van der Waals surface area contributed by atoms with Crippen LogP contribution in [-0.2, 0) is 0 Å². The van der Waals surface area contributed by atoms with Crippen molar-refractivity contribution in [3.63, 3.8) is 0 Å². The van der Waals surface area contributed by atoms with Gasteiger partial charge >= 0.3 is 0 Å². The van der Waals surface area contributed by atoms with Crippen LogP contribution in [-0.4, -0.2) is 27.1 Å². The number of aryl methyl sites for hydroxylation is 1. The lowest BCUT2D eigenvalue weighted by atomic mass is 10.1. The highest BCUT2D eigenvalue weighted by molar-refractivity contribution is 5.85. The van der Waals surface area contributed by atoms with E-state index in [0.717, 1.165) is 28.8 Å². The largest absolute Gasteiger partial charge is 0.391 e. The number of nitrogens with zero attached hydrogens (tertiary/aromatic N) is 3. The number of aliphatic hydroxyl groups is 1. The fourth-order valence-electron chi connectivity index (χ4n) is 3.07. The number of rotatable bonds is 5. The summed E-state index contributed by atoms with van der Waals surface area (Å²) < 4.78 is 1.96. The van der Waals surface area contributed by atoms with Crippen LogP contribution in [0.3, 0.4) is 0 Å². The number of aliphatic hydroxyl groups excluding tert-OH is 1. The fourth-order valence-corrected chi connectivity index (χ4v) is 3.07. The number of pyridine rings is 1. The predicted molar refractivity (Wildman–Crippen MR) is 96.1 cm³/mol. The summed E-state index contributed by atoms with van der Waals surface area (Å²) in [5, 5.41) is 23.0. The molecule has 1 atom stereocenters. The minimum Gasteiger partial charge on any atom is -0.391 e. The van der Waals surface area contributed by atoms with Crippen LogP contribution in [0.25, 0.3) is 16.7 Å². The van der Waals surface area contributed by atoms with E-state index in [0.29, 0.717) is 23.7 Å². The molecule has 0 radical (unpaired) electrons. The summed E-state index contributed by atoms with van der Waals surface area (Å²) in [5.41, 5.74) is 3.91. The molecule has 0 aliphatic carbocycles. The van der Waals surface area contributed by atoms with Crippen LogP contribution < -0.4 is 5.32 Å². The van der Waals surface area contributed by atoms with E-state index in [1.54, 1.807) is 0 Å². The maximum Gasteiger partial charge on any atom is 0.157 e. The van der Waals surface area contributed by atoms with Crippen molar-refractivity contribution in [2.75, 3.05) is 11.9 Å². The molecule has 0 bridgehead atoms. The van der Waals surface area contributed by atoms with Gasteiger partial charge in [0.05, 0.1) is 22.7 Å². The predicted octanol–water partition coefficient (Wildman–Crippen LogP) is 3.49. The van der Waals surface area contributed by atoms with E-state index < -0.39 is 6.10 Å². The number of aromatic nitrogens is 2. The maximum absolute atomic E-state index is 10.1. The van der Waals surface area contributed by atoms with E-state index in [1.807, 2.05) is 41.7 Å². The Labute approximate surface area is 141 Å².